The monoisotopic (exact) mass is 499 g/mol. The molecule has 9 N–H and O–H groups in total. The first kappa shape index (κ1) is 28.9. The number of thiol groups is 1. The number of aliphatic carboxylic acids is 1. The number of carboxylic acids is 1. The number of nitrogens with two attached hydrogens (primary N) is 2. The number of hydrogen-bond donors (Lipinski definition) is 8. The molecule has 0 radical (unpaired) electrons. The molecule has 0 fully saturated rings. The molecule has 0 saturated carbocycles. The zero-order valence-corrected chi connectivity index (χ0v) is 20.0. The van der Waals surface area contributed by atoms with Crippen LogP contribution >= 0.6 is 12.6 Å². The number of nitrogens with zero attached hydrogens (tertiary/aromatic N) is 1. The summed E-state index contributed by atoms with van der Waals surface area (Å²) in [4.78, 5) is 67.4. The lowest BCUT2D eigenvalue weighted by Gasteiger charge is -2.26. The van der Waals surface area contributed by atoms with Gasteiger partial charge in [-0.15, -0.1) is 0 Å². The van der Waals surface area contributed by atoms with E-state index in [0.29, 0.717) is 12.1 Å². The van der Waals surface area contributed by atoms with Crippen molar-refractivity contribution in [1.29, 1.82) is 0 Å². The van der Waals surface area contributed by atoms with E-state index in [9.17, 15) is 29.1 Å². The van der Waals surface area contributed by atoms with Gasteiger partial charge in [-0.2, -0.15) is 12.6 Å². The molecule has 1 aromatic heterocycles. The molecule has 1 rings (SSSR count). The number of aromatic amines is 1. The standard InChI is InChI=1S/C20H33N7O6S/c1-3-10(2)16(20(32)33)27-18(30)13(4-5-15(22)28)25-19(31)14(8-34)26-17(29)12(21)6-11-7-23-9-24-11/h7,9-10,12-14,16,34H,3-6,8,21H2,1-2H3,(H2,22,28)(H,23,24)(H,25,31)(H,26,29)(H,27,30)(H,32,33). The molecule has 0 aliphatic carbocycles. The molecule has 0 spiro atoms. The molecule has 0 aliphatic rings. The Balaban J connectivity index is 2.87. The smallest absolute Gasteiger partial charge is 0.326 e. The number of carbonyl (C=O) groups is 5. The Bertz CT molecular complexity index is 850. The number of carboxylic acid groups (broad SMARTS) is 1. The summed E-state index contributed by atoms with van der Waals surface area (Å²) in [5.41, 5.74) is 11.7. The summed E-state index contributed by atoms with van der Waals surface area (Å²) >= 11 is 4.08. The summed E-state index contributed by atoms with van der Waals surface area (Å²) in [5, 5.41) is 16.7. The van der Waals surface area contributed by atoms with Crippen molar-refractivity contribution in [2.45, 2.75) is 63.7 Å². The zero-order valence-electron chi connectivity index (χ0n) is 19.1. The van der Waals surface area contributed by atoms with Gasteiger partial charge in [-0.3, -0.25) is 19.2 Å². The average Bonchev–Trinajstić information content (AvgIpc) is 3.29. The molecular weight excluding hydrogens is 466 g/mol. The van der Waals surface area contributed by atoms with Crippen LogP contribution in [0.1, 0.15) is 38.8 Å². The molecule has 13 nitrogen and oxygen atoms in total. The van der Waals surface area contributed by atoms with Crippen molar-refractivity contribution < 1.29 is 29.1 Å². The van der Waals surface area contributed by atoms with Crippen LogP contribution in [0.2, 0.25) is 0 Å². The van der Waals surface area contributed by atoms with E-state index in [0.717, 1.165) is 0 Å². The summed E-state index contributed by atoms with van der Waals surface area (Å²) in [6.45, 7) is 3.44. The maximum absolute atomic E-state index is 12.8. The van der Waals surface area contributed by atoms with Crippen LogP contribution in [0.15, 0.2) is 12.5 Å². The molecule has 0 bridgehead atoms. The molecule has 5 unspecified atom stereocenters. The van der Waals surface area contributed by atoms with E-state index in [4.69, 9.17) is 11.5 Å². The van der Waals surface area contributed by atoms with Crippen molar-refractivity contribution in [2.24, 2.45) is 17.4 Å². The third-order valence-corrected chi connectivity index (χ3v) is 5.60. The maximum Gasteiger partial charge on any atom is 0.326 e. The molecule has 4 amide bonds. The zero-order chi connectivity index (χ0) is 25.8. The predicted molar refractivity (Wildman–Crippen MR) is 125 cm³/mol. The Labute approximate surface area is 202 Å². The van der Waals surface area contributed by atoms with Crippen LogP contribution < -0.4 is 27.4 Å². The third kappa shape index (κ3) is 9.39. The lowest BCUT2D eigenvalue weighted by molar-refractivity contribution is -0.144. The largest absolute Gasteiger partial charge is 0.480 e. The van der Waals surface area contributed by atoms with Crippen LogP contribution in [-0.2, 0) is 30.4 Å². The number of rotatable bonds is 15. The van der Waals surface area contributed by atoms with Crippen molar-refractivity contribution in [2.75, 3.05) is 5.75 Å². The van der Waals surface area contributed by atoms with Gasteiger partial charge < -0.3 is 37.5 Å². The Hall–Kier alpha value is -3.13. The van der Waals surface area contributed by atoms with Crippen molar-refractivity contribution >= 4 is 42.2 Å². The summed E-state index contributed by atoms with van der Waals surface area (Å²) in [6, 6.07) is -4.57. The Morgan fingerprint density at radius 1 is 1.12 bits per heavy atom. The highest BCUT2D eigenvalue weighted by Gasteiger charge is 2.31. The SMILES string of the molecule is CCC(C)C(NC(=O)C(CCC(N)=O)NC(=O)C(CS)NC(=O)C(N)Cc1cnc[nH]1)C(=O)O. The van der Waals surface area contributed by atoms with Gasteiger partial charge in [0.2, 0.25) is 23.6 Å². The molecular formula is C20H33N7O6S. The fraction of sp³-hybridized carbons (Fsp3) is 0.600. The van der Waals surface area contributed by atoms with Gasteiger partial charge in [0.25, 0.3) is 0 Å². The second kappa shape index (κ2) is 14.2. The highest BCUT2D eigenvalue weighted by atomic mass is 32.1. The predicted octanol–water partition coefficient (Wildman–Crippen LogP) is -1.94. The van der Waals surface area contributed by atoms with Crippen LogP contribution in [0.5, 0.6) is 0 Å². The molecule has 1 heterocycles. The number of imidazole rings is 1. The Morgan fingerprint density at radius 3 is 2.24 bits per heavy atom. The van der Waals surface area contributed by atoms with Crippen LogP contribution in [0.4, 0.5) is 0 Å². The summed E-state index contributed by atoms with van der Waals surface area (Å²) in [7, 11) is 0. The second-order valence-electron chi connectivity index (χ2n) is 7.91. The van der Waals surface area contributed by atoms with Crippen LogP contribution in [0.3, 0.4) is 0 Å². The van der Waals surface area contributed by atoms with Gasteiger partial charge in [0.1, 0.15) is 18.1 Å². The van der Waals surface area contributed by atoms with Crippen LogP contribution in [0.25, 0.3) is 0 Å². The number of hydrogen-bond acceptors (Lipinski definition) is 8. The van der Waals surface area contributed by atoms with Gasteiger partial charge in [0.05, 0.1) is 12.4 Å². The van der Waals surface area contributed by atoms with E-state index in [1.165, 1.54) is 12.5 Å². The maximum atomic E-state index is 12.8. The number of amides is 4. The molecule has 1 aromatic rings. The summed E-state index contributed by atoms with van der Waals surface area (Å²) in [5.74, 6) is -4.58. The van der Waals surface area contributed by atoms with Gasteiger partial charge in [-0.05, 0) is 12.3 Å². The Morgan fingerprint density at radius 2 is 1.74 bits per heavy atom. The lowest BCUT2D eigenvalue weighted by Crippen LogP contribution is -2.58. The number of aromatic nitrogens is 2. The minimum absolute atomic E-state index is 0.108. The number of nitrogens with one attached hydrogen (secondary N) is 4. The molecule has 34 heavy (non-hydrogen) atoms. The van der Waals surface area contributed by atoms with E-state index in [-0.39, 0.29) is 30.9 Å². The van der Waals surface area contributed by atoms with E-state index in [1.54, 1.807) is 13.8 Å². The van der Waals surface area contributed by atoms with Crippen molar-refractivity contribution in [3.8, 4) is 0 Å². The molecule has 0 aliphatic heterocycles. The molecule has 0 saturated heterocycles. The molecule has 5 atom stereocenters. The first-order valence-electron chi connectivity index (χ1n) is 10.8. The van der Waals surface area contributed by atoms with Gasteiger partial charge in [0.15, 0.2) is 0 Å². The van der Waals surface area contributed by atoms with Gasteiger partial charge >= 0.3 is 5.97 Å². The van der Waals surface area contributed by atoms with Crippen LogP contribution in [-0.4, -0.2) is 74.6 Å². The molecule has 14 heteroatoms. The number of primary amides is 1. The first-order chi connectivity index (χ1) is 16.0. The summed E-state index contributed by atoms with van der Waals surface area (Å²) in [6.07, 6.45) is 3.21. The fourth-order valence-electron chi connectivity index (χ4n) is 2.96. The Kier molecular flexibility index (Phi) is 12.1. The normalized spacial score (nSPS) is 15.3. The van der Waals surface area contributed by atoms with Gasteiger partial charge in [-0.1, -0.05) is 20.3 Å². The first-order valence-corrected chi connectivity index (χ1v) is 11.4. The fourth-order valence-corrected chi connectivity index (χ4v) is 3.22. The van der Waals surface area contributed by atoms with Crippen molar-refractivity contribution in [1.82, 2.24) is 25.9 Å². The summed E-state index contributed by atoms with van der Waals surface area (Å²) < 4.78 is 0. The number of H-pyrrole nitrogens is 1. The highest BCUT2D eigenvalue weighted by molar-refractivity contribution is 7.80. The highest BCUT2D eigenvalue weighted by Crippen LogP contribution is 2.09. The van der Waals surface area contributed by atoms with Crippen LogP contribution in [0, 0.1) is 5.92 Å². The van der Waals surface area contributed by atoms with Gasteiger partial charge in [0, 0.05) is 30.5 Å². The van der Waals surface area contributed by atoms with Crippen molar-refractivity contribution in [3.05, 3.63) is 18.2 Å². The quantitative estimate of drug-likeness (QED) is 0.126. The number of carbonyl (C=O) groups excluding carboxylic acids is 4. The average molecular weight is 500 g/mol. The third-order valence-electron chi connectivity index (χ3n) is 5.24. The minimum Gasteiger partial charge on any atom is -0.480 e. The van der Waals surface area contributed by atoms with Crippen molar-refractivity contribution in [3.63, 3.8) is 0 Å². The topological polar surface area (TPSA) is 222 Å². The molecule has 0 aromatic carbocycles. The second-order valence-corrected chi connectivity index (χ2v) is 8.27. The van der Waals surface area contributed by atoms with E-state index >= 15 is 0 Å². The molecule has 190 valence electrons. The van der Waals surface area contributed by atoms with E-state index in [1.807, 2.05) is 0 Å². The van der Waals surface area contributed by atoms with E-state index in [2.05, 4.69) is 38.5 Å². The minimum atomic E-state index is -1.26. The lowest BCUT2D eigenvalue weighted by atomic mass is 9.98. The van der Waals surface area contributed by atoms with Gasteiger partial charge in [-0.25, -0.2) is 9.78 Å². The van der Waals surface area contributed by atoms with E-state index < -0.39 is 53.8 Å².